The van der Waals surface area contributed by atoms with Crippen LogP contribution in [0.25, 0.3) is 0 Å². The first kappa shape index (κ1) is 15.6. The average molecular weight is 267 g/mol. The molecule has 0 fully saturated rings. The van der Waals surface area contributed by atoms with Crippen LogP contribution in [-0.2, 0) is 4.79 Å². The minimum absolute atomic E-state index is 0.118. The second-order valence-corrected chi connectivity index (χ2v) is 4.63. The van der Waals surface area contributed by atoms with E-state index in [4.69, 9.17) is 5.73 Å². The Bertz CT molecular complexity index is 425. The normalized spacial score (nSPS) is 14.2. The maximum atomic E-state index is 13.9. The second kappa shape index (κ2) is 7.21. The van der Waals surface area contributed by atoms with Crippen LogP contribution in [0.2, 0.25) is 0 Å². The molecule has 0 spiro atoms. The number of nitrogens with two attached hydrogens (primary N) is 1. The van der Waals surface area contributed by atoms with Gasteiger partial charge in [-0.1, -0.05) is 25.1 Å². The molecule has 1 aromatic carbocycles. The predicted molar refractivity (Wildman–Crippen MR) is 74.1 cm³/mol. The molecular formula is C14H22FN3O. The third-order valence-corrected chi connectivity index (χ3v) is 3.25. The number of amides is 1. The van der Waals surface area contributed by atoms with Gasteiger partial charge in [-0.05, 0) is 19.5 Å². The van der Waals surface area contributed by atoms with Crippen LogP contribution in [0, 0.1) is 5.82 Å². The number of hydrogen-bond donors (Lipinski definition) is 2. The average Bonchev–Trinajstić information content (AvgIpc) is 2.40. The van der Waals surface area contributed by atoms with Gasteiger partial charge in [-0.2, -0.15) is 0 Å². The van der Waals surface area contributed by atoms with Crippen LogP contribution in [0.1, 0.15) is 24.9 Å². The van der Waals surface area contributed by atoms with E-state index in [2.05, 4.69) is 5.32 Å². The fraction of sp³-hybridized carbons (Fsp3) is 0.500. The van der Waals surface area contributed by atoms with Gasteiger partial charge < -0.3 is 11.1 Å². The van der Waals surface area contributed by atoms with E-state index in [1.54, 1.807) is 37.2 Å². The molecule has 5 heteroatoms. The molecule has 0 aliphatic carbocycles. The molecule has 0 saturated carbocycles. The fourth-order valence-electron chi connectivity index (χ4n) is 2.14. The molecule has 1 rings (SSSR count). The summed E-state index contributed by atoms with van der Waals surface area (Å²) in [6.45, 7) is 2.13. The number of likely N-dealkylation sites (N-methyl/N-ethyl adjacent to an activating group) is 2. The molecule has 0 heterocycles. The van der Waals surface area contributed by atoms with E-state index in [1.165, 1.54) is 6.07 Å². The summed E-state index contributed by atoms with van der Waals surface area (Å²) >= 11 is 0. The van der Waals surface area contributed by atoms with Crippen molar-refractivity contribution < 1.29 is 9.18 Å². The highest BCUT2D eigenvalue weighted by Crippen LogP contribution is 2.25. The third kappa shape index (κ3) is 4.01. The number of carbonyl (C=O) groups is 1. The van der Waals surface area contributed by atoms with Gasteiger partial charge in [0.15, 0.2) is 0 Å². The Morgan fingerprint density at radius 3 is 2.63 bits per heavy atom. The zero-order valence-corrected chi connectivity index (χ0v) is 11.7. The number of halogens is 1. The molecular weight excluding hydrogens is 245 g/mol. The molecule has 1 aromatic rings. The van der Waals surface area contributed by atoms with E-state index in [9.17, 15) is 9.18 Å². The molecule has 3 N–H and O–H groups in total. The van der Waals surface area contributed by atoms with E-state index in [-0.39, 0.29) is 30.4 Å². The summed E-state index contributed by atoms with van der Waals surface area (Å²) in [7, 11) is 3.36. The maximum absolute atomic E-state index is 13.9. The third-order valence-electron chi connectivity index (χ3n) is 3.25. The molecule has 2 unspecified atom stereocenters. The Morgan fingerprint density at radius 1 is 1.47 bits per heavy atom. The minimum Gasteiger partial charge on any atom is -0.358 e. The SMILES string of the molecule is CCC(N)C(c1ccccc1F)N(C)CC(=O)NC. The van der Waals surface area contributed by atoms with Gasteiger partial charge in [0.2, 0.25) is 5.91 Å². The largest absolute Gasteiger partial charge is 0.358 e. The lowest BCUT2D eigenvalue weighted by Crippen LogP contribution is -2.43. The Hall–Kier alpha value is -1.46. The van der Waals surface area contributed by atoms with Gasteiger partial charge in [0.05, 0.1) is 12.6 Å². The van der Waals surface area contributed by atoms with E-state index in [0.29, 0.717) is 12.0 Å². The van der Waals surface area contributed by atoms with Crippen LogP contribution in [0.5, 0.6) is 0 Å². The molecule has 0 saturated heterocycles. The maximum Gasteiger partial charge on any atom is 0.233 e. The summed E-state index contributed by atoms with van der Waals surface area (Å²) in [4.78, 5) is 13.2. The van der Waals surface area contributed by atoms with Crippen molar-refractivity contribution >= 4 is 5.91 Å². The monoisotopic (exact) mass is 267 g/mol. The lowest BCUT2D eigenvalue weighted by atomic mass is 9.96. The topological polar surface area (TPSA) is 58.4 Å². The highest BCUT2D eigenvalue weighted by molar-refractivity contribution is 5.77. The van der Waals surface area contributed by atoms with Crippen LogP contribution in [0.15, 0.2) is 24.3 Å². The number of carbonyl (C=O) groups excluding carboxylic acids is 1. The Labute approximate surface area is 113 Å². The molecule has 0 aromatic heterocycles. The number of hydrogen-bond acceptors (Lipinski definition) is 3. The van der Waals surface area contributed by atoms with Crippen molar-refractivity contribution in [2.24, 2.45) is 5.73 Å². The summed E-state index contributed by atoms with van der Waals surface area (Å²) < 4.78 is 13.9. The van der Waals surface area contributed by atoms with Gasteiger partial charge >= 0.3 is 0 Å². The molecule has 4 nitrogen and oxygen atoms in total. The smallest absolute Gasteiger partial charge is 0.233 e. The predicted octanol–water partition coefficient (Wildman–Crippen LogP) is 1.28. The molecule has 0 aliphatic rings. The molecule has 0 bridgehead atoms. The molecule has 19 heavy (non-hydrogen) atoms. The molecule has 1 amide bonds. The summed E-state index contributed by atoms with van der Waals surface area (Å²) in [5.74, 6) is -0.410. The number of benzene rings is 1. The van der Waals surface area contributed by atoms with Gasteiger partial charge in [0, 0.05) is 18.7 Å². The quantitative estimate of drug-likeness (QED) is 0.816. The van der Waals surface area contributed by atoms with Crippen molar-refractivity contribution in [1.29, 1.82) is 0 Å². The van der Waals surface area contributed by atoms with Gasteiger partial charge in [0.25, 0.3) is 0 Å². The number of nitrogens with zero attached hydrogens (tertiary/aromatic N) is 1. The summed E-state index contributed by atoms with van der Waals surface area (Å²) in [5, 5.41) is 2.56. The zero-order chi connectivity index (χ0) is 14.4. The molecule has 106 valence electrons. The molecule has 0 radical (unpaired) electrons. The molecule has 0 aliphatic heterocycles. The van der Waals surface area contributed by atoms with Crippen LogP contribution >= 0.6 is 0 Å². The lowest BCUT2D eigenvalue weighted by Gasteiger charge is -2.32. The Balaban J connectivity index is 3.02. The standard InChI is InChI=1S/C14H22FN3O/c1-4-12(16)14(18(3)9-13(19)17-2)10-7-5-6-8-11(10)15/h5-8,12,14H,4,9,16H2,1-3H3,(H,17,19). The Kier molecular flexibility index (Phi) is 5.92. The minimum atomic E-state index is -0.316. The van der Waals surface area contributed by atoms with Crippen molar-refractivity contribution in [1.82, 2.24) is 10.2 Å². The second-order valence-electron chi connectivity index (χ2n) is 4.63. The van der Waals surface area contributed by atoms with E-state index >= 15 is 0 Å². The van der Waals surface area contributed by atoms with Crippen molar-refractivity contribution in [3.05, 3.63) is 35.6 Å². The lowest BCUT2D eigenvalue weighted by molar-refractivity contribution is -0.122. The van der Waals surface area contributed by atoms with Crippen LogP contribution < -0.4 is 11.1 Å². The van der Waals surface area contributed by atoms with Crippen molar-refractivity contribution in [2.75, 3.05) is 20.6 Å². The van der Waals surface area contributed by atoms with E-state index in [1.807, 2.05) is 6.92 Å². The number of nitrogens with one attached hydrogen (secondary N) is 1. The van der Waals surface area contributed by atoms with Gasteiger partial charge in [-0.15, -0.1) is 0 Å². The van der Waals surface area contributed by atoms with Crippen molar-refractivity contribution in [3.63, 3.8) is 0 Å². The molecule has 2 atom stereocenters. The summed E-state index contributed by atoms with van der Waals surface area (Å²) in [6.07, 6.45) is 0.705. The first-order valence-electron chi connectivity index (χ1n) is 6.42. The van der Waals surface area contributed by atoms with Crippen LogP contribution in [-0.4, -0.2) is 37.5 Å². The van der Waals surface area contributed by atoms with Gasteiger partial charge in [-0.25, -0.2) is 4.39 Å². The zero-order valence-electron chi connectivity index (χ0n) is 11.7. The van der Waals surface area contributed by atoms with Crippen molar-refractivity contribution in [2.45, 2.75) is 25.4 Å². The fourth-order valence-corrected chi connectivity index (χ4v) is 2.14. The van der Waals surface area contributed by atoms with Gasteiger partial charge in [-0.3, -0.25) is 9.69 Å². The van der Waals surface area contributed by atoms with Gasteiger partial charge in [0.1, 0.15) is 5.82 Å². The van der Waals surface area contributed by atoms with E-state index in [0.717, 1.165) is 0 Å². The summed E-state index contributed by atoms with van der Waals surface area (Å²) in [5.41, 5.74) is 6.63. The van der Waals surface area contributed by atoms with Crippen LogP contribution in [0.3, 0.4) is 0 Å². The highest BCUT2D eigenvalue weighted by Gasteiger charge is 2.26. The van der Waals surface area contributed by atoms with Crippen LogP contribution in [0.4, 0.5) is 4.39 Å². The summed E-state index contributed by atoms with van der Waals surface area (Å²) in [6, 6.07) is 6.01. The first-order chi connectivity index (χ1) is 9.01. The first-order valence-corrected chi connectivity index (χ1v) is 6.42. The highest BCUT2D eigenvalue weighted by atomic mass is 19.1. The van der Waals surface area contributed by atoms with Crippen molar-refractivity contribution in [3.8, 4) is 0 Å². The van der Waals surface area contributed by atoms with E-state index < -0.39 is 0 Å². The number of rotatable bonds is 6. The Morgan fingerprint density at radius 2 is 2.11 bits per heavy atom.